The van der Waals surface area contributed by atoms with E-state index in [9.17, 15) is 0 Å². The molecular formula is C14H17NO. The van der Waals surface area contributed by atoms with Gasteiger partial charge in [0.1, 0.15) is 5.75 Å². The SMILES string of the molecule is C#CCNC1CC(c2cccc(OC)c2)C1. The number of rotatable bonds is 4. The maximum Gasteiger partial charge on any atom is 0.119 e. The Kier molecular flexibility index (Phi) is 3.48. The van der Waals surface area contributed by atoms with E-state index >= 15 is 0 Å². The van der Waals surface area contributed by atoms with Crippen LogP contribution in [-0.4, -0.2) is 19.7 Å². The summed E-state index contributed by atoms with van der Waals surface area (Å²) in [7, 11) is 1.71. The van der Waals surface area contributed by atoms with Crippen molar-refractivity contribution in [2.45, 2.75) is 24.8 Å². The molecule has 0 spiro atoms. The third kappa shape index (κ3) is 2.37. The first-order chi connectivity index (χ1) is 7.83. The molecule has 1 aromatic carbocycles. The highest BCUT2D eigenvalue weighted by Crippen LogP contribution is 2.37. The number of terminal acetylenes is 1. The number of ether oxygens (including phenoxy) is 1. The molecule has 1 aliphatic rings. The molecule has 0 heterocycles. The van der Waals surface area contributed by atoms with Crippen LogP contribution in [0.3, 0.4) is 0 Å². The van der Waals surface area contributed by atoms with Gasteiger partial charge in [-0.05, 0) is 36.5 Å². The third-order valence-electron chi connectivity index (χ3n) is 3.20. The van der Waals surface area contributed by atoms with Gasteiger partial charge < -0.3 is 10.1 Å². The van der Waals surface area contributed by atoms with Crippen LogP contribution >= 0.6 is 0 Å². The average molecular weight is 215 g/mol. The van der Waals surface area contributed by atoms with E-state index in [1.54, 1.807) is 7.11 Å². The van der Waals surface area contributed by atoms with Gasteiger partial charge in [0.15, 0.2) is 0 Å². The molecule has 2 heteroatoms. The second-order valence-corrected chi connectivity index (χ2v) is 4.23. The molecule has 1 aromatic rings. The largest absolute Gasteiger partial charge is 0.497 e. The highest BCUT2D eigenvalue weighted by molar-refractivity contribution is 5.32. The molecule has 2 nitrogen and oxygen atoms in total. The number of benzene rings is 1. The summed E-state index contributed by atoms with van der Waals surface area (Å²) in [5.41, 5.74) is 1.37. The van der Waals surface area contributed by atoms with Crippen LogP contribution in [0, 0.1) is 12.3 Å². The van der Waals surface area contributed by atoms with Crippen molar-refractivity contribution in [1.29, 1.82) is 0 Å². The van der Waals surface area contributed by atoms with Gasteiger partial charge in [-0.2, -0.15) is 0 Å². The summed E-state index contributed by atoms with van der Waals surface area (Å²) in [6, 6.07) is 8.92. The van der Waals surface area contributed by atoms with Crippen LogP contribution < -0.4 is 10.1 Å². The summed E-state index contributed by atoms with van der Waals surface area (Å²) >= 11 is 0. The Labute approximate surface area is 97.0 Å². The van der Waals surface area contributed by atoms with E-state index in [1.807, 2.05) is 6.07 Å². The summed E-state index contributed by atoms with van der Waals surface area (Å²) in [4.78, 5) is 0. The van der Waals surface area contributed by atoms with Crippen molar-refractivity contribution in [2.24, 2.45) is 0 Å². The van der Waals surface area contributed by atoms with E-state index in [2.05, 4.69) is 29.4 Å². The molecule has 1 fully saturated rings. The minimum atomic E-state index is 0.590. The molecule has 0 unspecified atom stereocenters. The Morgan fingerprint density at radius 1 is 1.50 bits per heavy atom. The van der Waals surface area contributed by atoms with Gasteiger partial charge in [0.05, 0.1) is 13.7 Å². The molecule has 1 saturated carbocycles. The van der Waals surface area contributed by atoms with Gasteiger partial charge in [0, 0.05) is 6.04 Å². The van der Waals surface area contributed by atoms with E-state index in [1.165, 1.54) is 18.4 Å². The smallest absolute Gasteiger partial charge is 0.119 e. The summed E-state index contributed by atoms with van der Waals surface area (Å²) in [5.74, 6) is 4.21. The van der Waals surface area contributed by atoms with Crippen LogP contribution in [0.2, 0.25) is 0 Å². The van der Waals surface area contributed by atoms with Crippen LogP contribution in [0.1, 0.15) is 24.3 Å². The van der Waals surface area contributed by atoms with Crippen molar-refractivity contribution in [2.75, 3.05) is 13.7 Å². The molecule has 0 aromatic heterocycles. The van der Waals surface area contributed by atoms with Crippen LogP contribution in [-0.2, 0) is 0 Å². The van der Waals surface area contributed by atoms with E-state index in [0.717, 1.165) is 5.75 Å². The third-order valence-corrected chi connectivity index (χ3v) is 3.20. The minimum absolute atomic E-state index is 0.590. The van der Waals surface area contributed by atoms with E-state index in [-0.39, 0.29) is 0 Å². The standard InChI is InChI=1S/C14H17NO/c1-3-7-15-13-8-12(9-13)11-5-4-6-14(10-11)16-2/h1,4-6,10,12-13,15H,7-9H2,2H3. The Bertz CT molecular complexity index is 388. The van der Waals surface area contributed by atoms with Crippen molar-refractivity contribution in [3.63, 3.8) is 0 Å². The summed E-state index contributed by atoms with van der Waals surface area (Å²) in [6.45, 7) is 0.676. The normalized spacial score (nSPS) is 23.2. The fourth-order valence-electron chi connectivity index (χ4n) is 2.16. The lowest BCUT2D eigenvalue weighted by Gasteiger charge is -2.36. The fraction of sp³-hybridized carbons (Fsp3) is 0.429. The Balaban J connectivity index is 1.89. The Hall–Kier alpha value is -1.46. The number of hydrogen-bond acceptors (Lipinski definition) is 2. The number of hydrogen-bond donors (Lipinski definition) is 1. The molecule has 0 bridgehead atoms. The molecule has 0 radical (unpaired) electrons. The topological polar surface area (TPSA) is 21.3 Å². The first-order valence-corrected chi connectivity index (χ1v) is 5.64. The van der Waals surface area contributed by atoms with E-state index in [4.69, 9.17) is 11.2 Å². The van der Waals surface area contributed by atoms with Gasteiger partial charge in [-0.3, -0.25) is 0 Å². The van der Waals surface area contributed by atoms with Crippen molar-refractivity contribution in [1.82, 2.24) is 5.32 Å². The highest BCUT2D eigenvalue weighted by Gasteiger charge is 2.29. The average Bonchev–Trinajstić information content (AvgIpc) is 2.27. The minimum Gasteiger partial charge on any atom is -0.497 e. The molecule has 84 valence electrons. The predicted octanol–water partition coefficient (Wildman–Crippen LogP) is 2.16. The van der Waals surface area contributed by atoms with Crippen molar-refractivity contribution < 1.29 is 4.74 Å². The van der Waals surface area contributed by atoms with Gasteiger partial charge in [0.25, 0.3) is 0 Å². The lowest BCUT2D eigenvalue weighted by Crippen LogP contribution is -2.40. The molecule has 1 aliphatic carbocycles. The molecule has 0 aliphatic heterocycles. The van der Waals surface area contributed by atoms with Crippen molar-refractivity contribution >= 4 is 0 Å². The molecule has 16 heavy (non-hydrogen) atoms. The second-order valence-electron chi connectivity index (χ2n) is 4.23. The van der Waals surface area contributed by atoms with Gasteiger partial charge in [-0.15, -0.1) is 6.42 Å². The molecule has 2 rings (SSSR count). The highest BCUT2D eigenvalue weighted by atomic mass is 16.5. The van der Waals surface area contributed by atoms with Crippen LogP contribution in [0.4, 0.5) is 0 Å². The van der Waals surface area contributed by atoms with Crippen LogP contribution in [0.25, 0.3) is 0 Å². The van der Waals surface area contributed by atoms with Crippen LogP contribution in [0.15, 0.2) is 24.3 Å². The van der Waals surface area contributed by atoms with E-state index < -0.39 is 0 Å². The van der Waals surface area contributed by atoms with Crippen molar-refractivity contribution in [3.8, 4) is 18.1 Å². The maximum absolute atomic E-state index is 5.22. The zero-order chi connectivity index (χ0) is 11.4. The lowest BCUT2D eigenvalue weighted by atomic mass is 9.76. The maximum atomic E-state index is 5.22. The Morgan fingerprint density at radius 3 is 3.00 bits per heavy atom. The first kappa shape index (κ1) is 11.0. The van der Waals surface area contributed by atoms with E-state index in [0.29, 0.717) is 18.5 Å². The quantitative estimate of drug-likeness (QED) is 0.777. The summed E-state index contributed by atoms with van der Waals surface area (Å²) < 4.78 is 5.22. The van der Waals surface area contributed by atoms with Crippen molar-refractivity contribution in [3.05, 3.63) is 29.8 Å². The second kappa shape index (κ2) is 5.05. The summed E-state index contributed by atoms with van der Waals surface area (Å²) in [5, 5.41) is 3.33. The van der Waals surface area contributed by atoms with Gasteiger partial charge >= 0.3 is 0 Å². The monoisotopic (exact) mass is 215 g/mol. The fourth-order valence-corrected chi connectivity index (χ4v) is 2.16. The van der Waals surface area contributed by atoms with Gasteiger partial charge in [-0.1, -0.05) is 18.1 Å². The van der Waals surface area contributed by atoms with Gasteiger partial charge in [-0.25, -0.2) is 0 Å². The molecule has 0 amide bonds. The van der Waals surface area contributed by atoms with Crippen LogP contribution in [0.5, 0.6) is 5.75 Å². The Morgan fingerprint density at radius 2 is 2.31 bits per heavy atom. The number of nitrogens with one attached hydrogen (secondary N) is 1. The molecule has 0 saturated heterocycles. The van der Waals surface area contributed by atoms with Gasteiger partial charge in [0.2, 0.25) is 0 Å². The predicted molar refractivity (Wildman–Crippen MR) is 65.6 cm³/mol. The molecular weight excluding hydrogens is 198 g/mol. The zero-order valence-electron chi connectivity index (χ0n) is 9.57. The summed E-state index contributed by atoms with van der Waals surface area (Å²) in [6.07, 6.45) is 7.56. The lowest BCUT2D eigenvalue weighted by molar-refractivity contribution is 0.300. The number of methoxy groups -OCH3 is 1. The molecule has 0 atom stereocenters. The first-order valence-electron chi connectivity index (χ1n) is 5.64. The molecule has 1 N–H and O–H groups in total. The zero-order valence-corrected chi connectivity index (χ0v) is 9.57.